The van der Waals surface area contributed by atoms with Crippen LogP contribution in [-0.2, 0) is 0 Å². The van der Waals surface area contributed by atoms with E-state index in [-0.39, 0.29) is 0 Å². The Balaban J connectivity index is 1.09. The van der Waals surface area contributed by atoms with Gasteiger partial charge < -0.3 is 15.4 Å². The summed E-state index contributed by atoms with van der Waals surface area (Å²) in [6.45, 7) is 4.11. The van der Waals surface area contributed by atoms with Crippen molar-refractivity contribution in [2.45, 2.75) is 13.8 Å². The van der Waals surface area contributed by atoms with Crippen LogP contribution >= 0.6 is 0 Å². The van der Waals surface area contributed by atoms with Gasteiger partial charge in [-0.15, -0.1) is 0 Å². The third kappa shape index (κ3) is 6.30. The zero-order valence-electron chi connectivity index (χ0n) is 32.0. The topological polar surface area (TPSA) is 52.6 Å². The van der Waals surface area contributed by atoms with Crippen molar-refractivity contribution in [1.82, 2.24) is 4.57 Å². The number of benzene rings is 8. The van der Waals surface area contributed by atoms with E-state index in [9.17, 15) is 0 Å². The second-order valence-electron chi connectivity index (χ2n) is 14.4. The number of rotatable bonds is 9. The molecule has 1 aromatic heterocycles. The normalized spacial score (nSPS) is 12.3. The molecule has 0 aliphatic carbocycles. The van der Waals surface area contributed by atoms with E-state index in [1.807, 2.05) is 37.3 Å². The molecular formula is C54H41N3. The van der Waals surface area contributed by atoms with Crippen molar-refractivity contribution in [3.05, 3.63) is 204 Å². The number of hydrogen-bond donors (Lipinski definition) is 2. The molecule has 0 fully saturated rings. The van der Waals surface area contributed by atoms with Gasteiger partial charge in [-0.3, -0.25) is 0 Å². The van der Waals surface area contributed by atoms with Gasteiger partial charge in [0.1, 0.15) is 0 Å². The lowest BCUT2D eigenvalue weighted by Crippen LogP contribution is -1.97. The number of hydrogen-bond acceptors (Lipinski definition) is 2. The number of aromatic nitrogens is 1. The van der Waals surface area contributed by atoms with Gasteiger partial charge in [-0.2, -0.15) is 0 Å². The third-order valence-electron chi connectivity index (χ3n) is 11.1. The highest BCUT2D eigenvalue weighted by molar-refractivity contribution is 6.22. The molecule has 0 unspecified atom stereocenters. The summed E-state index contributed by atoms with van der Waals surface area (Å²) in [5, 5.41) is 25.1. The maximum atomic E-state index is 8.39. The molecule has 9 aromatic rings. The van der Waals surface area contributed by atoms with Crippen molar-refractivity contribution in [1.29, 1.82) is 10.8 Å². The largest absolute Gasteiger partial charge is 0.309 e. The molecular weight excluding hydrogens is 691 g/mol. The van der Waals surface area contributed by atoms with Crippen LogP contribution in [0.2, 0.25) is 0 Å². The van der Waals surface area contributed by atoms with E-state index in [1.165, 1.54) is 61.4 Å². The van der Waals surface area contributed by atoms with Gasteiger partial charge in [-0.05, 0) is 127 Å². The van der Waals surface area contributed by atoms with E-state index in [1.54, 1.807) is 0 Å². The summed E-state index contributed by atoms with van der Waals surface area (Å²) < 4.78 is 2.22. The molecule has 3 heteroatoms. The zero-order valence-corrected chi connectivity index (χ0v) is 32.0. The monoisotopic (exact) mass is 731 g/mol. The number of nitrogens with one attached hydrogen (secondary N) is 2. The molecule has 0 aliphatic rings. The minimum atomic E-state index is 0.828. The fraction of sp³-hybridized carbons (Fsp3) is 0.0370. The first-order valence-electron chi connectivity index (χ1n) is 19.4. The highest BCUT2D eigenvalue weighted by Gasteiger charge is 2.18. The number of nitrogens with zero attached hydrogens (tertiary/aromatic N) is 1. The number of fused-ring (bicyclic) bond motifs is 4. The van der Waals surface area contributed by atoms with E-state index in [0.717, 1.165) is 55.7 Å². The Morgan fingerprint density at radius 1 is 0.526 bits per heavy atom. The van der Waals surface area contributed by atoms with Crippen LogP contribution in [0.1, 0.15) is 36.2 Å². The van der Waals surface area contributed by atoms with Crippen molar-refractivity contribution < 1.29 is 0 Å². The zero-order chi connectivity index (χ0) is 38.9. The highest BCUT2D eigenvalue weighted by atomic mass is 15.0. The maximum absolute atomic E-state index is 8.39. The Bertz CT molecular complexity index is 3040. The summed E-state index contributed by atoms with van der Waals surface area (Å²) in [7, 11) is 0. The molecule has 3 nitrogen and oxygen atoms in total. The summed E-state index contributed by atoms with van der Waals surface area (Å²) >= 11 is 0. The average Bonchev–Trinajstić information content (AvgIpc) is 3.58. The number of allylic oxidation sites excluding steroid dienone is 5. The van der Waals surface area contributed by atoms with Gasteiger partial charge in [0.05, 0.1) is 11.2 Å². The van der Waals surface area contributed by atoms with Gasteiger partial charge in [-0.1, -0.05) is 152 Å². The molecule has 0 bridgehead atoms. The second kappa shape index (κ2) is 15.1. The lowest BCUT2D eigenvalue weighted by molar-refractivity contribution is 1.10. The Kier molecular flexibility index (Phi) is 9.33. The molecule has 0 atom stereocenters. The van der Waals surface area contributed by atoms with E-state index < -0.39 is 0 Å². The smallest absolute Gasteiger partial charge is 0.0553 e. The summed E-state index contributed by atoms with van der Waals surface area (Å²) in [5.74, 6) is 0. The van der Waals surface area contributed by atoms with Crippen LogP contribution in [0, 0.1) is 10.8 Å². The lowest BCUT2D eigenvalue weighted by atomic mass is 9.85. The minimum absolute atomic E-state index is 0.828. The van der Waals surface area contributed by atoms with E-state index in [4.69, 9.17) is 10.8 Å². The van der Waals surface area contributed by atoms with Crippen LogP contribution < -0.4 is 0 Å². The summed E-state index contributed by atoms with van der Waals surface area (Å²) in [4.78, 5) is 0. The average molecular weight is 732 g/mol. The van der Waals surface area contributed by atoms with Crippen molar-refractivity contribution >= 4 is 72.9 Å². The van der Waals surface area contributed by atoms with Gasteiger partial charge in [0.2, 0.25) is 0 Å². The van der Waals surface area contributed by atoms with Crippen LogP contribution in [0.5, 0.6) is 0 Å². The van der Waals surface area contributed by atoms with Gasteiger partial charge in [0.25, 0.3) is 0 Å². The highest BCUT2D eigenvalue weighted by Crippen LogP contribution is 2.44. The molecule has 0 spiro atoms. The Labute approximate surface area is 333 Å². The van der Waals surface area contributed by atoms with Crippen molar-refractivity contribution in [2.24, 2.45) is 0 Å². The summed E-state index contributed by atoms with van der Waals surface area (Å²) in [6.07, 6.45) is 11.1. The van der Waals surface area contributed by atoms with Crippen molar-refractivity contribution in [3.8, 4) is 27.9 Å². The summed E-state index contributed by atoms with van der Waals surface area (Å²) in [5.41, 5.74) is 12.8. The SMILES string of the molecule is C/C=C\c1c(C=N)c2cc(/C(C)=C/C=C(\C=N)c3ccc(-c4c5ccccc5c(-c5ccc6ccccc6c5)c5ccccc45)cc3)ccc2n1-c1ccccc1. The van der Waals surface area contributed by atoms with E-state index >= 15 is 0 Å². The Hall–Kier alpha value is -7.36. The molecule has 0 saturated heterocycles. The molecule has 272 valence electrons. The first kappa shape index (κ1) is 35.3. The van der Waals surface area contributed by atoms with Crippen LogP contribution in [0.25, 0.3) is 88.4 Å². The number of para-hydroxylation sites is 1. The Morgan fingerprint density at radius 3 is 1.74 bits per heavy atom. The first-order valence-corrected chi connectivity index (χ1v) is 19.4. The molecule has 57 heavy (non-hydrogen) atoms. The van der Waals surface area contributed by atoms with E-state index in [2.05, 4.69) is 169 Å². The van der Waals surface area contributed by atoms with E-state index in [0.29, 0.717) is 0 Å². The fourth-order valence-electron chi connectivity index (χ4n) is 8.37. The fourth-order valence-corrected chi connectivity index (χ4v) is 8.37. The molecule has 0 radical (unpaired) electrons. The molecule has 2 N–H and O–H groups in total. The quantitative estimate of drug-likeness (QED) is 0.0844. The predicted molar refractivity (Wildman–Crippen MR) is 246 cm³/mol. The van der Waals surface area contributed by atoms with Gasteiger partial charge in [0, 0.05) is 29.1 Å². The minimum Gasteiger partial charge on any atom is -0.309 e. The van der Waals surface area contributed by atoms with Crippen molar-refractivity contribution in [2.75, 3.05) is 0 Å². The predicted octanol–water partition coefficient (Wildman–Crippen LogP) is 14.6. The van der Waals surface area contributed by atoms with Gasteiger partial charge in [-0.25, -0.2) is 0 Å². The molecule has 0 aliphatic heterocycles. The molecule has 9 rings (SSSR count). The first-order chi connectivity index (χ1) is 28.1. The van der Waals surface area contributed by atoms with Gasteiger partial charge >= 0.3 is 0 Å². The molecule has 8 aromatic carbocycles. The van der Waals surface area contributed by atoms with Gasteiger partial charge in [0.15, 0.2) is 0 Å². The molecule has 1 heterocycles. The third-order valence-corrected chi connectivity index (χ3v) is 11.1. The Morgan fingerprint density at radius 2 is 1.11 bits per heavy atom. The molecule has 0 amide bonds. The van der Waals surface area contributed by atoms with Crippen LogP contribution in [0.4, 0.5) is 0 Å². The molecule has 0 saturated carbocycles. The van der Waals surface area contributed by atoms with Crippen molar-refractivity contribution in [3.63, 3.8) is 0 Å². The maximum Gasteiger partial charge on any atom is 0.0553 e. The lowest BCUT2D eigenvalue weighted by Gasteiger charge is -2.18. The van der Waals surface area contributed by atoms with Crippen LogP contribution in [0.3, 0.4) is 0 Å². The second-order valence-corrected chi connectivity index (χ2v) is 14.4. The van der Waals surface area contributed by atoms with Crippen LogP contribution in [0.15, 0.2) is 182 Å². The summed E-state index contributed by atoms with van der Waals surface area (Å²) in [6, 6.07) is 58.3. The van der Waals surface area contributed by atoms with Crippen LogP contribution in [-0.4, -0.2) is 17.0 Å². The standard InChI is InChI=1S/C54H41N3/c1-3-13-51-50(35-56)49-33-40(30-31-52(49)57(51)44-16-5-4-6-17-44)36(2)22-23-43(34-55)38-24-27-39(28-25-38)53-45-18-9-11-20-47(45)54(48-21-12-10-19-46(48)53)42-29-26-37-14-7-8-15-41(37)32-42/h3-35,55-56H,1-2H3/b13-3-,36-22+,43-23+,55-34?,56-35?.